The number of aryl methyl sites for hydroxylation is 1. The van der Waals surface area contributed by atoms with Gasteiger partial charge in [0.1, 0.15) is 15.7 Å². The van der Waals surface area contributed by atoms with Gasteiger partial charge in [-0.1, -0.05) is 6.07 Å². The number of aromatic nitrogens is 1. The molecule has 12 heteroatoms. The third-order valence-corrected chi connectivity index (χ3v) is 8.68. The average molecular weight is 520 g/mol. The predicted molar refractivity (Wildman–Crippen MR) is 135 cm³/mol. The number of carbonyl (C=O) groups is 1. The Bertz CT molecular complexity index is 1470. The number of nitrogens with zero attached hydrogens (tertiary/aromatic N) is 2. The molecule has 0 amide bonds. The molecule has 186 valence electrons. The molecule has 1 aliphatic heterocycles. The maximum atomic E-state index is 12.9. The van der Waals surface area contributed by atoms with Gasteiger partial charge in [0, 0.05) is 23.5 Å². The SMILES string of the molecule is COc1cc(-c2cn(C)c(=O)c3cc(C(N)=NC4CCS(=O)(=O)CC4)sc23)ccc1OCC(=O)O. The Morgan fingerprint density at radius 1 is 1.26 bits per heavy atom. The van der Waals surface area contributed by atoms with Crippen LogP contribution in [0.25, 0.3) is 21.2 Å². The van der Waals surface area contributed by atoms with Crippen LogP contribution in [0.5, 0.6) is 11.5 Å². The second-order valence-electron chi connectivity index (χ2n) is 8.26. The standard InChI is InChI=1S/C23H25N3O7S2/c1-26-11-16(13-3-4-17(18(9-13)32-2)33-12-20(27)28)21-15(23(26)29)10-19(34-21)22(24)25-14-5-7-35(30,31)8-6-14/h3-4,9-11,14H,5-8,12H2,1-2H3,(H2,24,25)(H,27,28). The van der Waals surface area contributed by atoms with E-state index in [0.717, 1.165) is 11.1 Å². The third kappa shape index (κ3) is 5.33. The lowest BCUT2D eigenvalue weighted by Crippen LogP contribution is -2.27. The maximum absolute atomic E-state index is 12.9. The Balaban J connectivity index is 1.74. The van der Waals surface area contributed by atoms with Crippen molar-refractivity contribution in [2.75, 3.05) is 25.2 Å². The van der Waals surface area contributed by atoms with E-state index in [1.165, 1.54) is 23.0 Å². The molecule has 3 N–H and O–H groups in total. The summed E-state index contributed by atoms with van der Waals surface area (Å²) in [6, 6.07) is 6.64. The van der Waals surface area contributed by atoms with E-state index in [-0.39, 0.29) is 34.7 Å². The zero-order chi connectivity index (χ0) is 25.3. The van der Waals surface area contributed by atoms with Gasteiger partial charge in [-0.05, 0) is 36.6 Å². The van der Waals surface area contributed by atoms with Crippen LogP contribution < -0.4 is 20.8 Å². The molecule has 3 heterocycles. The van der Waals surface area contributed by atoms with Crippen molar-refractivity contribution < 1.29 is 27.8 Å². The van der Waals surface area contributed by atoms with Crippen LogP contribution in [0.2, 0.25) is 0 Å². The first-order valence-corrected chi connectivity index (χ1v) is 13.4. The lowest BCUT2D eigenvalue weighted by atomic mass is 10.1. The highest BCUT2D eigenvalue weighted by Crippen LogP contribution is 2.37. The largest absolute Gasteiger partial charge is 0.493 e. The Kier molecular flexibility index (Phi) is 6.86. The highest BCUT2D eigenvalue weighted by atomic mass is 32.2. The molecule has 1 aliphatic rings. The normalized spacial score (nSPS) is 16.3. The average Bonchev–Trinajstić information content (AvgIpc) is 3.27. The summed E-state index contributed by atoms with van der Waals surface area (Å²) in [5.41, 5.74) is 7.60. The smallest absolute Gasteiger partial charge is 0.341 e. The van der Waals surface area contributed by atoms with E-state index in [1.807, 2.05) is 0 Å². The van der Waals surface area contributed by atoms with E-state index in [2.05, 4.69) is 4.99 Å². The number of carboxylic acids is 1. The number of aliphatic imine (C=N–C) groups is 1. The highest BCUT2D eigenvalue weighted by Gasteiger charge is 2.24. The summed E-state index contributed by atoms with van der Waals surface area (Å²) in [7, 11) is 0.115. The van der Waals surface area contributed by atoms with Gasteiger partial charge in [0.2, 0.25) is 0 Å². The fraction of sp³-hybridized carbons (Fsp3) is 0.348. The maximum Gasteiger partial charge on any atom is 0.341 e. The molecule has 3 aromatic rings. The number of pyridine rings is 1. The van der Waals surface area contributed by atoms with E-state index in [1.54, 1.807) is 37.5 Å². The molecule has 10 nitrogen and oxygen atoms in total. The first kappa shape index (κ1) is 24.7. The summed E-state index contributed by atoms with van der Waals surface area (Å²) >= 11 is 1.33. The summed E-state index contributed by atoms with van der Waals surface area (Å²) in [6.07, 6.45) is 2.57. The molecule has 0 unspecified atom stereocenters. The van der Waals surface area contributed by atoms with E-state index in [9.17, 15) is 18.0 Å². The molecular formula is C23H25N3O7S2. The number of carboxylic acid groups (broad SMARTS) is 1. The molecule has 0 atom stereocenters. The third-order valence-electron chi connectivity index (χ3n) is 5.77. The zero-order valence-electron chi connectivity index (χ0n) is 19.2. The van der Waals surface area contributed by atoms with Crippen LogP contribution in [0.4, 0.5) is 0 Å². The number of sulfone groups is 1. The second-order valence-corrected chi connectivity index (χ2v) is 11.6. The van der Waals surface area contributed by atoms with Crippen LogP contribution in [-0.2, 0) is 21.7 Å². The molecule has 1 fully saturated rings. The fourth-order valence-corrected chi connectivity index (χ4v) is 6.50. The van der Waals surface area contributed by atoms with Gasteiger partial charge < -0.3 is 24.9 Å². The van der Waals surface area contributed by atoms with E-state index in [4.69, 9.17) is 20.3 Å². The molecule has 0 aliphatic carbocycles. The van der Waals surface area contributed by atoms with E-state index >= 15 is 0 Å². The van der Waals surface area contributed by atoms with Gasteiger partial charge in [-0.2, -0.15) is 0 Å². The minimum Gasteiger partial charge on any atom is -0.493 e. The molecule has 0 bridgehead atoms. The number of fused-ring (bicyclic) bond motifs is 1. The van der Waals surface area contributed by atoms with Crippen LogP contribution in [0, 0.1) is 0 Å². The van der Waals surface area contributed by atoms with Gasteiger partial charge in [-0.15, -0.1) is 11.3 Å². The monoisotopic (exact) mass is 519 g/mol. The molecule has 0 radical (unpaired) electrons. The van der Waals surface area contributed by atoms with Crippen LogP contribution >= 0.6 is 11.3 Å². The molecule has 0 saturated carbocycles. The van der Waals surface area contributed by atoms with Gasteiger partial charge >= 0.3 is 5.97 Å². The first-order valence-electron chi connectivity index (χ1n) is 10.8. The predicted octanol–water partition coefficient (Wildman–Crippen LogP) is 2.02. The van der Waals surface area contributed by atoms with Crippen molar-refractivity contribution in [3.63, 3.8) is 0 Å². The van der Waals surface area contributed by atoms with Crippen molar-refractivity contribution in [3.8, 4) is 22.6 Å². The molecule has 0 spiro atoms. The number of nitrogens with two attached hydrogens (primary N) is 1. The summed E-state index contributed by atoms with van der Waals surface area (Å²) in [5.74, 6) is 0.0157. The van der Waals surface area contributed by atoms with E-state index < -0.39 is 22.4 Å². The molecule has 1 saturated heterocycles. The molecular weight excluding hydrogens is 494 g/mol. The van der Waals surface area contributed by atoms with Gasteiger partial charge in [0.05, 0.1) is 34.9 Å². The summed E-state index contributed by atoms with van der Waals surface area (Å²) in [5, 5.41) is 9.36. The topological polar surface area (TPSA) is 150 Å². The lowest BCUT2D eigenvalue weighted by molar-refractivity contribution is -0.139. The number of hydrogen-bond acceptors (Lipinski definition) is 8. The van der Waals surface area contributed by atoms with Crippen molar-refractivity contribution in [3.05, 3.63) is 45.7 Å². The summed E-state index contributed by atoms with van der Waals surface area (Å²) < 4.78 is 36.2. The number of thiophene rings is 1. The summed E-state index contributed by atoms with van der Waals surface area (Å²) in [4.78, 5) is 28.9. The molecule has 35 heavy (non-hydrogen) atoms. The second kappa shape index (κ2) is 9.70. The van der Waals surface area contributed by atoms with Crippen molar-refractivity contribution in [2.45, 2.75) is 18.9 Å². The minimum atomic E-state index is -3.00. The van der Waals surface area contributed by atoms with Gasteiger partial charge in [0.15, 0.2) is 18.1 Å². The minimum absolute atomic E-state index is 0.0968. The quantitative estimate of drug-likeness (QED) is 0.355. The Morgan fingerprint density at radius 2 is 1.97 bits per heavy atom. The van der Waals surface area contributed by atoms with Crippen molar-refractivity contribution in [1.29, 1.82) is 0 Å². The van der Waals surface area contributed by atoms with Crippen LogP contribution in [-0.4, -0.2) is 61.2 Å². The summed E-state index contributed by atoms with van der Waals surface area (Å²) in [6.45, 7) is -0.500. The van der Waals surface area contributed by atoms with E-state index in [0.29, 0.717) is 33.6 Å². The Hall–Kier alpha value is -3.38. The van der Waals surface area contributed by atoms with Gasteiger partial charge in [-0.3, -0.25) is 9.79 Å². The van der Waals surface area contributed by atoms with Crippen molar-refractivity contribution in [1.82, 2.24) is 4.57 Å². The lowest BCUT2D eigenvalue weighted by Gasteiger charge is -2.18. The molecule has 4 rings (SSSR count). The first-order chi connectivity index (χ1) is 16.6. The van der Waals surface area contributed by atoms with Crippen LogP contribution in [0.1, 0.15) is 17.7 Å². The fourth-order valence-electron chi connectivity index (χ4n) is 3.94. The van der Waals surface area contributed by atoms with Gasteiger partial charge in [0.25, 0.3) is 5.56 Å². The number of benzene rings is 1. The molecule has 2 aromatic heterocycles. The highest BCUT2D eigenvalue weighted by molar-refractivity contribution is 7.91. The number of aliphatic carboxylic acids is 1. The van der Waals surface area contributed by atoms with Crippen LogP contribution in [0.15, 0.2) is 40.2 Å². The number of ether oxygens (including phenoxy) is 2. The Labute approximate surface area is 205 Å². The number of methoxy groups -OCH3 is 1. The number of hydrogen-bond donors (Lipinski definition) is 2. The van der Waals surface area contributed by atoms with Crippen molar-refractivity contribution >= 4 is 43.1 Å². The van der Waals surface area contributed by atoms with Crippen LogP contribution in [0.3, 0.4) is 0 Å². The zero-order valence-corrected chi connectivity index (χ0v) is 20.8. The number of rotatable bonds is 7. The Morgan fingerprint density at radius 3 is 2.63 bits per heavy atom. The molecule has 1 aromatic carbocycles. The van der Waals surface area contributed by atoms with Gasteiger partial charge in [-0.25, -0.2) is 13.2 Å². The van der Waals surface area contributed by atoms with Crippen molar-refractivity contribution in [2.24, 2.45) is 17.8 Å². The number of amidine groups is 1.